The Hall–Kier alpha value is -4.11. The number of imide groups is 1. The lowest BCUT2D eigenvalue weighted by atomic mass is 9.90. The summed E-state index contributed by atoms with van der Waals surface area (Å²) in [6.45, 7) is 0. The van der Waals surface area contributed by atoms with E-state index in [4.69, 9.17) is 4.84 Å². The van der Waals surface area contributed by atoms with Crippen LogP contribution in [-0.4, -0.2) is 22.8 Å². The molecule has 2 aliphatic rings. The van der Waals surface area contributed by atoms with Crippen LogP contribution in [0.25, 0.3) is 0 Å². The number of para-hydroxylation sites is 1. The van der Waals surface area contributed by atoms with Crippen LogP contribution < -0.4 is 9.96 Å². The number of halogens is 1. The van der Waals surface area contributed by atoms with E-state index in [1.807, 2.05) is 6.07 Å². The number of benzene rings is 3. The molecule has 0 spiro atoms. The normalized spacial score (nSPS) is 22.3. The number of nitro benzene ring substituents is 1. The number of hydroxylamine groups is 1. The van der Waals surface area contributed by atoms with Gasteiger partial charge in [0.15, 0.2) is 6.10 Å². The van der Waals surface area contributed by atoms with Crippen molar-refractivity contribution in [1.82, 2.24) is 0 Å². The van der Waals surface area contributed by atoms with Gasteiger partial charge < -0.3 is 0 Å². The summed E-state index contributed by atoms with van der Waals surface area (Å²) < 4.78 is 13.3. The summed E-state index contributed by atoms with van der Waals surface area (Å²) in [7, 11) is 0. The molecule has 0 aromatic heterocycles. The number of nitro groups is 1. The van der Waals surface area contributed by atoms with Gasteiger partial charge in [0.2, 0.25) is 5.91 Å². The topological polar surface area (TPSA) is 93.0 Å². The number of fused-ring (bicyclic) bond motifs is 1. The highest BCUT2D eigenvalue weighted by Gasteiger charge is 2.60. The number of carbonyl (C=O) groups excluding carboxylic acids is 2. The Kier molecular flexibility index (Phi) is 4.67. The Morgan fingerprint density at radius 3 is 2.28 bits per heavy atom. The van der Waals surface area contributed by atoms with Gasteiger partial charge in [0.25, 0.3) is 11.6 Å². The summed E-state index contributed by atoms with van der Waals surface area (Å²) in [6, 6.07) is 19.1. The number of non-ortho nitro benzene ring substituents is 1. The predicted octanol–water partition coefficient (Wildman–Crippen LogP) is 3.79. The smallest absolute Gasteiger partial charge is 0.269 e. The minimum Gasteiger partial charge on any atom is -0.273 e. The van der Waals surface area contributed by atoms with Gasteiger partial charge in [-0.15, -0.1) is 0 Å². The van der Waals surface area contributed by atoms with Gasteiger partial charge in [-0.1, -0.05) is 30.3 Å². The average Bonchev–Trinajstić information content (AvgIpc) is 3.31. The molecular weight excluding hydrogens is 417 g/mol. The van der Waals surface area contributed by atoms with Gasteiger partial charge in [0.1, 0.15) is 11.7 Å². The second-order valence-corrected chi connectivity index (χ2v) is 7.50. The summed E-state index contributed by atoms with van der Waals surface area (Å²) >= 11 is 0. The number of hydrogen-bond acceptors (Lipinski definition) is 6. The van der Waals surface area contributed by atoms with Crippen molar-refractivity contribution in [3.63, 3.8) is 0 Å². The van der Waals surface area contributed by atoms with Gasteiger partial charge in [-0.2, -0.15) is 0 Å². The molecule has 8 nitrogen and oxygen atoms in total. The van der Waals surface area contributed by atoms with Crippen molar-refractivity contribution in [3.05, 3.63) is 100 Å². The van der Waals surface area contributed by atoms with Crippen molar-refractivity contribution in [3.8, 4) is 0 Å². The fourth-order valence-corrected chi connectivity index (χ4v) is 4.22. The molecule has 2 heterocycles. The van der Waals surface area contributed by atoms with E-state index < -0.39 is 40.6 Å². The number of amides is 2. The van der Waals surface area contributed by atoms with Crippen molar-refractivity contribution >= 4 is 28.9 Å². The first kappa shape index (κ1) is 19.8. The highest BCUT2D eigenvalue weighted by molar-refractivity contribution is 6.23. The molecule has 2 fully saturated rings. The molecule has 0 N–H and O–H groups in total. The number of carbonyl (C=O) groups is 2. The minimum absolute atomic E-state index is 0.133. The molecule has 32 heavy (non-hydrogen) atoms. The maximum Gasteiger partial charge on any atom is 0.269 e. The maximum absolute atomic E-state index is 13.4. The van der Waals surface area contributed by atoms with Crippen LogP contribution >= 0.6 is 0 Å². The molecule has 3 atom stereocenters. The van der Waals surface area contributed by atoms with Crippen LogP contribution in [-0.2, 0) is 14.4 Å². The van der Waals surface area contributed by atoms with Gasteiger partial charge in [0, 0.05) is 12.1 Å². The minimum atomic E-state index is -1.11. The van der Waals surface area contributed by atoms with E-state index in [0.717, 1.165) is 4.90 Å². The van der Waals surface area contributed by atoms with Crippen molar-refractivity contribution in [1.29, 1.82) is 0 Å². The van der Waals surface area contributed by atoms with Crippen molar-refractivity contribution in [2.75, 3.05) is 9.96 Å². The molecule has 5 rings (SSSR count). The van der Waals surface area contributed by atoms with E-state index in [9.17, 15) is 24.1 Å². The first-order valence-electron chi connectivity index (χ1n) is 9.84. The van der Waals surface area contributed by atoms with E-state index in [2.05, 4.69) is 0 Å². The molecule has 2 amide bonds. The fraction of sp³-hybridized carbons (Fsp3) is 0.130. The summed E-state index contributed by atoms with van der Waals surface area (Å²) in [5.41, 5.74) is 1.18. The zero-order valence-corrected chi connectivity index (χ0v) is 16.5. The van der Waals surface area contributed by atoms with Gasteiger partial charge in [-0.25, -0.2) is 14.4 Å². The Labute approximate surface area is 181 Å². The average molecular weight is 433 g/mol. The Morgan fingerprint density at radius 1 is 0.875 bits per heavy atom. The summed E-state index contributed by atoms with van der Waals surface area (Å²) in [4.78, 5) is 44.4. The van der Waals surface area contributed by atoms with Crippen molar-refractivity contribution in [2.24, 2.45) is 5.92 Å². The van der Waals surface area contributed by atoms with Crippen molar-refractivity contribution < 1.29 is 23.7 Å². The third-order valence-electron chi connectivity index (χ3n) is 5.63. The zero-order chi connectivity index (χ0) is 22.4. The number of nitrogens with zero attached hydrogens (tertiary/aromatic N) is 3. The quantitative estimate of drug-likeness (QED) is 0.353. The molecule has 0 bridgehead atoms. The lowest BCUT2D eigenvalue weighted by Gasteiger charge is -2.28. The molecule has 2 saturated heterocycles. The number of rotatable bonds is 4. The van der Waals surface area contributed by atoms with E-state index in [0.29, 0.717) is 11.3 Å². The second-order valence-electron chi connectivity index (χ2n) is 7.50. The molecule has 160 valence electrons. The summed E-state index contributed by atoms with van der Waals surface area (Å²) in [6.07, 6.45) is -1.11. The highest BCUT2D eigenvalue weighted by Crippen LogP contribution is 2.47. The van der Waals surface area contributed by atoms with Crippen LogP contribution in [0.5, 0.6) is 0 Å². The molecule has 0 unspecified atom stereocenters. The first-order chi connectivity index (χ1) is 15.5. The first-order valence-corrected chi connectivity index (χ1v) is 9.84. The van der Waals surface area contributed by atoms with Crippen LogP contribution in [0.1, 0.15) is 11.6 Å². The zero-order valence-electron chi connectivity index (χ0n) is 16.5. The molecule has 0 aliphatic carbocycles. The summed E-state index contributed by atoms with van der Waals surface area (Å²) in [5.74, 6) is -2.51. The SMILES string of the molecule is O=C1[C@H]2[C@@H](ON(c3ccccc3)[C@H]2c2cccc([N+](=O)[O-])c2)C(=O)N1c1ccc(F)cc1. The highest BCUT2D eigenvalue weighted by atomic mass is 19.1. The van der Waals surface area contributed by atoms with E-state index in [-0.39, 0.29) is 11.4 Å². The Balaban J connectivity index is 1.60. The third-order valence-corrected chi connectivity index (χ3v) is 5.63. The predicted molar refractivity (Wildman–Crippen MR) is 112 cm³/mol. The van der Waals surface area contributed by atoms with Gasteiger partial charge in [-0.05, 0) is 42.0 Å². The molecule has 0 radical (unpaired) electrons. The summed E-state index contributed by atoms with van der Waals surface area (Å²) in [5, 5.41) is 12.8. The molecule has 0 saturated carbocycles. The van der Waals surface area contributed by atoms with Gasteiger partial charge in [-0.3, -0.25) is 24.5 Å². The molecule has 3 aromatic rings. The fourth-order valence-electron chi connectivity index (χ4n) is 4.22. The Morgan fingerprint density at radius 2 is 1.59 bits per heavy atom. The lowest BCUT2D eigenvalue weighted by molar-refractivity contribution is -0.384. The molecule has 3 aromatic carbocycles. The van der Waals surface area contributed by atoms with Gasteiger partial charge >= 0.3 is 0 Å². The maximum atomic E-state index is 13.4. The second kappa shape index (κ2) is 7.54. The van der Waals surface area contributed by atoms with Crippen molar-refractivity contribution in [2.45, 2.75) is 12.1 Å². The van der Waals surface area contributed by atoms with Crippen LogP contribution in [0, 0.1) is 21.8 Å². The third kappa shape index (κ3) is 3.10. The largest absolute Gasteiger partial charge is 0.273 e. The number of anilines is 2. The van der Waals surface area contributed by atoms with Crippen LogP contribution in [0.15, 0.2) is 78.9 Å². The lowest BCUT2D eigenvalue weighted by Crippen LogP contribution is -2.37. The Bertz CT molecular complexity index is 1220. The molecule has 2 aliphatic heterocycles. The van der Waals surface area contributed by atoms with E-state index in [1.54, 1.807) is 30.3 Å². The van der Waals surface area contributed by atoms with Gasteiger partial charge in [0.05, 0.1) is 22.3 Å². The van der Waals surface area contributed by atoms with Crippen LogP contribution in [0.3, 0.4) is 0 Å². The van der Waals surface area contributed by atoms with Crippen LogP contribution in [0.2, 0.25) is 0 Å². The molecular formula is C23H16FN3O5. The van der Waals surface area contributed by atoms with E-state index >= 15 is 0 Å². The van der Waals surface area contributed by atoms with Crippen LogP contribution in [0.4, 0.5) is 21.5 Å². The molecule has 9 heteroatoms. The standard InChI is InChI=1S/C23H16FN3O5/c24-15-9-11-16(12-10-15)25-22(28)19-20(14-5-4-8-18(13-14)27(30)31)26(32-21(19)23(25)29)17-6-2-1-3-7-17/h1-13,19-21H/t19-,20+,21-/m1/s1. The monoisotopic (exact) mass is 433 g/mol. The number of hydrogen-bond donors (Lipinski definition) is 0. The van der Waals surface area contributed by atoms with E-state index in [1.165, 1.54) is 47.5 Å².